The first-order chi connectivity index (χ1) is 15.3. The number of carbonyl (C=O) groups excluding carboxylic acids is 1. The summed E-state index contributed by atoms with van der Waals surface area (Å²) in [6.45, 7) is 0.334. The van der Waals surface area contributed by atoms with E-state index in [0.717, 1.165) is 16.4 Å². The standard InChI is InChI=1S/C21H20ClFN4O5/c22-14-2-4-17-13(9-14)1-3-15(25-17)11-27(21(23)5-7-24-8-6-21)20(30)31-12-16-10-18(19(28)29)26-32-16/h1-4,9-10,24H,5-8,11-12H2,(H,28,29). The van der Waals surface area contributed by atoms with Crippen LogP contribution in [-0.2, 0) is 17.9 Å². The summed E-state index contributed by atoms with van der Waals surface area (Å²) in [6.07, 6.45) is -0.714. The summed E-state index contributed by atoms with van der Waals surface area (Å²) in [5.74, 6) is -3.16. The zero-order valence-electron chi connectivity index (χ0n) is 16.9. The lowest BCUT2D eigenvalue weighted by Crippen LogP contribution is -2.53. The minimum Gasteiger partial charge on any atom is -0.476 e. The highest BCUT2D eigenvalue weighted by Gasteiger charge is 2.42. The monoisotopic (exact) mass is 462 g/mol. The molecule has 0 atom stereocenters. The Labute approximate surface area is 187 Å². The number of nitrogens with one attached hydrogen (secondary N) is 1. The third-order valence-corrected chi connectivity index (χ3v) is 5.45. The zero-order chi connectivity index (χ0) is 22.7. The van der Waals surface area contributed by atoms with Gasteiger partial charge in [0.05, 0.1) is 17.8 Å². The second kappa shape index (κ2) is 9.09. The summed E-state index contributed by atoms with van der Waals surface area (Å²) in [5, 5.41) is 16.8. The van der Waals surface area contributed by atoms with E-state index in [4.69, 9.17) is 26.0 Å². The number of carboxylic acid groups (broad SMARTS) is 1. The number of amides is 1. The molecule has 1 fully saturated rings. The van der Waals surface area contributed by atoms with Crippen molar-refractivity contribution in [2.45, 2.75) is 31.8 Å². The molecule has 32 heavy (non-hydrogen) atoms. The summed E-state index contributed by atoms with van der Waals surface area (Å²) in [4.78, 5) is 29.4. The van der Waals surface area contributed by atoms with Crippen LogP contribution in [0.5, 0.6) is 0 Å². The van der Waals surface area contributed by atoms with Gasteiger partial charge in [0.15, 0.2) is 23.9 Å². The maximum atomic E-state index is 15.8. The third-order valence-electron chi connectivity index (χ3n) is 5.22. The quantitative estimate of drug-likeness (QED) is 0.531. The minimum absolute atomic E-state index is 0.0367. The molecule has 3 heterocycles. The number of ether oxygens (including phenoxy) is 1. The van der Waals surface area contributed by atoms with Gasteiger partial charge in [-0.05, 0) is 24.3 Å². The van der Waals surface area contributed by atoms with Crippen molar-refractivity contribution >= 4 is 34.6 Å². The molecule has 2 N–H and O–H groups in total. The predicted octanol–water partition coefficient (Wildman–Crippen LogP) is 3.76. The number of hydrogen-bond donors (Lipinski definition) is 2. The molecule has 3 aromatic rings. The van der Waals surface area contributed by atoms with E-state index in [-0.39, 0.29) is 37.4 Å². The van der Waals surface area contributed by atoms with Gasteiger partial charge in [0.25, 0.3) is 0 Å². The van der Waals surface area contributed by atoms with E-state index in [0.29, 0.717) is 29.3 Å². The van der Waals surface area contributed by atoms with Gasteiger partial charge >= 0.3 is 12.1 Å². The number of benzene rings is 1. The Bertz CT molecular complexity index is 1150. The SMILES string of the molecule is O=C(O)c1cc(COC(=O)N(Cc2ccc3cc(Cl)ccc3n2)C2(F)CCNCC2)on1. The molecule has 0 bridgehead atoms. The fourth-order valence-electron chi connectivity index (χ4n) is 3.53. The molecule has 1 aliphatic heterocycles. The first kappa shape index (κ1) is 22.0. The van der Waals surface area contributed by atoms with Crippen molar-refractivity contribution in [1.82, 2.24) is 20.4 Å². The van der Waals surface area contributed by atoms with Crippen molar-refractivity contribution in [3.05, 3.63) is 58.6 Å². The van der Waals surface area contributed by atoms with Crippen molar-refractivity contribution in [1.29, 1.82) is 0 Å². The van der Waals surface area contributed by atoms with E-state index in [1.54, 1.807) is 24.3 Å². The van der Waals surface area contributed by atoms with Crippen LogP contribution in [0.4, 0.5) is 9.18 Å². The molecule has 9 nitrogen and oxygen atoms in total. The van der Waals surface area contributed by atoms with E-state index >= 15 is 4.39 Å². The van der Waals surface area contributed by atoms with Crippen molar-refractivity contribution in [2.75, 3.05) is 13.1 Å². The summed E-state index contributed by atoms with van der Waals surface area (Å²) in [6, 6.07) is 9.89. The van der Waals surface area contributed by atoms with Gasteiger partial charge in [-0.2, -0.15) is 0 Å². The van der Waals surface area contributed by atoms with Gasteiger partial charge in [-0.3, -0.25) is 9.88 Å². The van der Waals surface area contributed by atoms with Crippen LogP contribution in [0, 0.1) is 0 Å². The fraction of sp³-hybridized carbons (Fsp3) is 0.333. The molecule has 1 aromatic carbocycles. The topological polar surface area (TPSA) is 118 Å². The first-order valence-corrected chi connectivity index (χ1v) is 10.3. The molecule has 0 saturated carbocycles. The van der Waals surface area contributed by atoms with Gasteiger partial charge in [-0.15, -0.1) is 0 Å². The number of hydrogen-bond acceptors (Lipinski definition) is 7. The van der Waals surface area contributed by atoms with E-state index in [2.05, 4.69) is 15.5 Å². The largest absolute Gasteiger partial charge is 0.476 e. The lowest BCUT2D eigenvalue weighted by atomic mass is 10.0. The average Bonchev–Trinajstić information content (AvgIpc) is 3.26. The summed E-state index contributed by atoms with van der Waals surface area (Å²) >= 11 is 6.01. The molecule has 11 heteroatoms. The van der Waals surface area contributed by atoms with Crippen LogP contribution in [0.3, 0.4) is 0 Å². The van der Waals surface area contributed by atoms with Gasteiger partial charge < -0.3 is 19.7 Å². The second-order valence-corrected chi connectivity index (χ2v) is 7.87. The third kappa shape index (κ3) is 4.81. The molecule has 168 valence electrons. The molecule has 4 rings (SSSR count). The molecule has 0 radical (unpaired) electrons. The van der Waals surface area contributed by atoms with E-state index in [1.165, 1.54) is 0 Å². The van der Waals surface area contributed by atoms with Crippen LogP contribution in [0.2, 0.25) is 5.02 Å². The Morgan fingerprint density at radius 2 is 2.03 bits per heavy atom. The van der Waals surface area contributed by atoms with Gasteiger partial charge in [-0.25, -0.2) is 14.0 Å². The maximum Gasteiger partial charge on any atom is 0.413 e. The Kier molecular flexibility index (Phi) is 6.24. The number of halogens is 2. The molecule has 1 saturated heterocycles. The molecule has 2 aromatic heterocycles. The number of nitrogens with zero attached hydrogens (tertiary/aromatic N) is 3. The van der Waals surface area contributed by atoms with Crippen molar-refractivity contribution in [3.63, 3.8) is 0 Å². The normalized spacial score (nSPS) is 15.4. The van der Waals surface area contributed by atoms with Crippen molar-refractivity contribution in [2.24, 2.45) is 0 Å². The van der Waals surface area contributed by atoms with Crippen molar-refractivity contribution in [3.8, 4) is 0 Å². The van der Waals surface area contributed by atoms with Crippen LogP contribution in [-0.4, -0.2) is 51.1 Å². The average molecular weight is 463 g/mol. The number of pyridine rings is 1. The highest BCUT2D eigenvalue weighted by Crippen LogP contribution is 2.31. The Morgan fingerprint density at radius 3 is 2.75 bits per heavy atom. The summed E-state index contributed by atoms with van der Waals surface area (Å²) < 4.78 is 25.9. The number of aromatic carboxylic acids is 1. The lowest BCUT2D eigenvalue weighted by molar-refractivity contribution is -0.0584. The Balaban J connectivity index is 1.54. The number of carbonyl (C=O) groups is 2. The van der Waals surface area contributed by atoms with Gasteiger partial charge in [-0.1, -0.05) is 22.8 Å². The molecular weight excluding hydrogens is 443 g/mol. The maximum absolute atomic E-state index is 15.8. The minimum atomic E-state index is -1.92. The summed E-state index contributed by atoms with van der Waals surface area (Å²) in [5.41, 5.74) is 0.843. The Morgan fingerprint density at radius 1 is 1.25 bits per heavy atom. The first-order valence-electron chi connectivity index (χ1n) is 9.92. The molecule has 1 amide bonds. The summed E-state index contributed by atoms with van der Waals surface area (Å²) in [7, 11) is 0. The second-order valence-electron chi connectivity index (χ2n) is 7.43. The number of rotatable bonds is 6. The lowest BCUT2D eigenvalue weighted by Gasteiger charge is -2.39. The number of carboxylic acids is 1. The number of piperidine rings is 1. The molecular formula is C21H20ClFN4O5. The van der Waals surface area contributed by atoms with Crippen LogP contribution in [0.15, 0.2) is 40.9 Å². The number of fused-ring (bicyclic) bond motifs is 1. The van der Waals surface area contributed by atoms with E-state index in [9.17, 15) is 9.59 Å². The smallest absolute Gasteiger partial charge is 0.413 e. The molecule has 0 spiro atoms. The van der Waals surface area contributed by atoms with Gasteiger partial charge in [0.2, 0.25) is 0 Å². The molecule has 1 aliphatic rings. The fourth-order valence-corrected chi connectivity index (χ4v) is 3.71. The Hall–Kier alpha value is -3.24. The van der Waals surface area contributed by atoms with Gasteiger partial charge in [0.1, 0.15) is 0 Å². The number of aromatic nitrogens is 2. The molecule has 0 unspecified atom stereocenters. The van der Waals surface area contributed by atoms with Crippen LogP contribution in [0.1, 0.15) is 34.8 Å². The zero-order valence-corrected chi connectivity index (χ0v) is 17.6. The van der Waals surface area contributed by atoms with E-state index in [1.807, 2.05) is 6.07 Å². The van der Waals surface area contributed by atoms with Crippen LogP contribution >= 0.6 is 11.6 Å². The van der Waals surface area contributed by atoms with E-state index < -0.39 is 17.9 Å². The van der Waals surface area contributed by atoms with Crippen molar-refractivity contribution < 1.29 is 28.3 Å². The molecule has 0 aliphatic carbocycles. The highest BCUT2D eigenvalue weighted by atomic mass is 35.5. The highest BCUT2D eigenvalue weighted by molar-refractivity contribution is 6.31. The van der Waals surface area contributed by atoms with Crippen LogP contribution < -0.4 is 5.32 Å². The predicted molar refractivity (Wildman–Crippen MR) is 112 cm³/mol. The van der Waals surface area contributed by atoms with Gasteiger partial charge in [0, 0.05) is 42.4 Å². The number of alkyl halides is 1. The van der Waals surface area contributed by atoms with Crippen LogP contribution in [0.25, 0.3) is 10.9 Å².